The van der Waals surface area contributed by atoms with Gasteiger partial charge in [0.15, 0.2) is 0 Å². The fourth-order valence-corrected chi connectivity index (χ4v) is 1.69. The van der Waals surface area contributed by atoms with Gasteiger partial charge in [-0.2, -0.15) is 0 Å². The number of hydrogen-bond donors (Lipinski definition) is 1. The molecule has 4 nitrogen and oxygen atoms in total. The molecule has 17 heavy (non-hydrogen) atoms. The molecular formula is C12H17ClN2O2. The number of nitrogens with zero attached hydrogens (tertiary/aromatic N) is 2. The third kappa shape index (κ3) is 4.32. The topological polar surface area (TPSA) is 53.4 Å². The first kappa shape index (κ1) is 13.9. The van der Waals surface area contributed by atoms with Crippen molar-refractivity contribution in [3.05, 3.63) is 29.0 Å². The van der Waals surface area contributed by atoms with Crippen molar-refractivity contribution in [1.29, 1.82) is 0 Å². The lowest BCUT2D eigenvalue weighted by Crippen LogP contribution is -2.42. The summed E-state index contributed by atoms with van der Waals surface area (Å²) in [6, 6.07) is 3.14. The minimum Gasteiger partial charge on any atom is -0.389 e. The summed E-state index contributed by atoms with van der Waals surface area (Å²) in [5, 5.41) is 10.0. The molecule has 0 saturated carbocycles. The highest BCUT2D eigenvalue weighted by Crippen LogP contribution is 2.12. The van der Waals surface area contributed by atoms with Crippen molar-refractivity contribution in [3.63, 3.8) is 0 Å². The maximum Gasteiger partial charge on any atom is 0.254 e. The SMILES string of the molecule is CCN(CC(C)(C)O)C(=O)c1ccnc(Cl)c1. The summed E-state index contributed by atoms with van der Waals surface area (Å²) in [5.41, 5.74) is -0.432. The third-order valence-electron chi connectivity index (χ3n) is 2.22. The molecule has 0 aliphatic heterocycles. The van der Waals surface area contributed by atoms with E-state index in [1.807, 2.05) is 6.92 Å². The van der Waals surface area contributed by atoms with Gasteiger partial charge in [-0.1, -0.05) is 11.6 Å². The van der Waals surface area contributed by atoms with E-state index in [1.165, 1.54) is 12.3 Å². The van der Waals surface area contributed by atoms with E-state index in [0.29, 0.717) is 12.1 Å². The highest BCUT2D eigenvalue weighted by Gasteiger charge is 2.22. The predicted molar refractivity (Wildman–Crippen MR) is 67.1 cm³/mol. The van der Waals surface area contributed by atoms with Gasteiger partial charge in [0.25, 0.3) is 5.91 Å². The van der Waals surface area contributed by atoms with Gasteiger partial charge >= 0.3 is 0 Å². The molecule has 1 rings (SSSR count). The van der Waals surface area contributed by atoms with Crippen molar-refractivity contribution in [1.82, 2.24) is 9.88 Å². The van der Waals surface area contributed by atoms with Crippen LogP contribution in [0.4, 0.5) is 0 Å². The van der Waals surface area contributed by atoms with Crippen LogP contribution in [0.5, 0.6) is 0 Å². The van der Waals surface area contributed by atoms with Gasteiger partial charge in [0, 0.05) is 24.8 Å². The van der Waals surface area contributed by atoms with Crippen LogP contribution in [0.2, 0.25) is 5.15 Å². The van der Waals surface area contributed by atoms with Crippen molar-refractivity contribution in [3.8, 4) is 0 Å². The Morgan fingerprint density at radius 3 is 2.71 bits per heavy atom. The number of pyridine rings is 1. The highest BCUT2D eigenvalue weighted by molar-refractivity contribution is 6.29. The summed E-state index contributed by atoms with van der Waals surface area (Å²) >= 11 is 5.74. The molecule has 1 amide bonds. The Kier molecular flexibility index (Phi) is 4.48. The monoisotopic (exact) mass is 256 g/mol. The first-order valence-corrected chi connectivity index (χ1v) is 5.84. The van der Waals surface area contributed by atoms with E-state index in [9.17, 15) is 9.90 Å². The Hall–Kier alpha value is -1.13. The van der Waals surface area contributed by atoms with Crippen LogP contribution in [-0.2, 0) is 0 Å². The number of likely N-dealkylation sites (N-methyl/N-ethyl adjacent to an activating group) is 1. The highest BCUT2D eigenvalue weighted by atomic mass is 35.5. The van der Waals surface area contributed by atoms with E-state index in [4.69, 9.17) is 11.6 Å². The number of aliphatic hydroxyl groups is 1. The van der Waals surface area contributed by atoms with Crippen molar-refractivity contribution >= 4 is 17.5 Å². The fraction of sp³-hybridized carbons (Fsp3) is 0.500. The minimum absolute atomic E-state index is 0.154. The molecule has 0 atom stereocenters. The molecule has 0 aromatic carbocycles. The Morgan fingerprint density at radius 2 is 2.24 bits per heavy atom. The van der Waals surface area contributed by atoms with Crippen molar-refractivity contribution in [2.45, 2.75) is 26.4 Å². The molecule has 0 aliphatic carbocycles. The first-order chi connectivity index (χ1) is 7.83. The normalized spacial score (nSPS) is 11.4. The fourth-order valence-electron chi connectivity index (χ4n) is 1.51. The van der Waals surface area contributed by atoms with Crippen molar-refractivity contribution < 1.29 is 9.90 Å². The van der Waals surface area contributed by atoms with Crippen LogP contribution in [0, 0.1) is 0 Å². The first-order valence-electron chi connectivity index (χ1n) is 5.46. The van der Waals surface area contributed by atoms with Crippen molar-refractivity contribution in [2.24, 2.45) is 0 Å². The lowest BCUT2D eigenvalue weighted by atomic mass is 10.1. The molecule has 0 fully saturated rings. The quantitative estimate of drug-likeness (QED) is 0.838. The second-order valence-electron chi connectivity index (χ2n) is 4.50. The molecule has 0 unspecified atom stereocenters. The van der Waals surface area contributed by atoms with E-state index in [0.717, 1.165) is 0 Å². The molecule has 0 radical (unpaired) electrons. The maximum atomic E-state index is 12.1. The predicted octanol–water partition coefficient (Wildman–Crippen LogP) is 1.97. The third-order valence-corrected chi connectivity index (χ3v) is 2.43. The number of amides is 1. The second-order valence-corrected chi connectivity index (χ2v) is 4.89. The van der Waals surface area contributed by atoms with Gasteiger partial charge < -0.3 is 10.0 Å². The van der Waals surface area contributed by atoms with Crippen LogP contribution in [0.3, 0.4) is 0 Å². The molecule has 1 heterocycles. The number of rotatable bonds is 4. The van der Waals surface area contributed by atoms with Crippen LogP contribution >= 0.6 is 11.6 Å². The summed E-state index contributed by atoms with van der Waals surface area (Å²) in [6.07, 6.45) is 1.49. The summed E-state index contributed by atoms with van der Waals surface area (Å²) in [5.74, 6) is -0.154. The number of carbonyl (C=O) groups excluding carboxylic acids is 1. The zero-order valence-corrected chi connectivity index (χ0v) is 11.0. The van der Waals surface area contributed by atoms with E-state index >= 15 is 0 Å². The molecule has 1 N–H and O–H groups in total. The number of hydrogen-bond acceptors (Lipinski definition) is 3. The molecule has 94 valence electrons. The van der Waals surface area contributed by atoms with E-state index in [-0.39, 0.29) is 17.6 Å². The summed E-state index contributed by atoms with van der Waals surface area (Å²) in [4.78, 5) is 17.5. The van der Waals surface area contributed by atoms with Gasteiger partial charge in [0.1, 0.15) is 5.15 Å². The van der Waals surface area contributed by atoms with Gasteiger partial charge in [-0.15, -0.1) is 0 Å². The standard InChI is InChI=1S/C12H17ClN2O2/c1-4-15(8-12(2,3)17)11(16)9-5-6-14-10(13)7-9/h5-7,17H,4,8H2,1-3H3. The van der Waals surface area contributed by atoms with Crippen LogP contribution in [0.1, 0.15) is 31.1 Å². The Labute approximate surface area is 106 Å². The molecule has 1 aromatic heterocycles. The second kappa shape index (κ2) is 5.47. The molecule has 5 heteroatoms. The van der Waals surface area contributed by atoms with E-state index < -0.39 is 5.60 Å². The molecule has 0 bridgehead atoms. The molecule has 0 saturated heterocycles. The average Bonchev–Trinajstić information content (AvgIpc) is 2.23. The van der Waals surface area contributed by atoms with E-state index in [2.05, 4.69) is 4.98 Å². The molecular weight excluding hydrogens is 240 g/mol. The number of carbonyl (C=O) groups is 1. The molecule has 0 spiro atoms. The largest absolute Gasteiger partial charge is 0.389 e. The van der Waals surface area contributed by atoms with Crippen LogP contribution in [0.25, 0.3) is 0 Å². The van der Waals surface area contributed by atoms with Gasteiger partial charge in [-0.05, 0) is 32.9 Å². The lowest BCUT2D eigenvalue weighted by Gasteiger charge is -2.28. The van der Waals surface area contributed by atoms with Gasteiger partial charge in [-0.25, -0.2) is 4.98 Å². The zero-order valence-electron chi connectivity index (χ0n) is 10.3. The Bertz CT molecular complexity index is 402. The number of halogens is 1. The molecule has 0 aliphatic rings. The molecule has 1 aromatic rings. The lowest BCUT2D eigenvalue weighted by molar-refractivity contribution is 0.0314. The summed E-state index contributed by atoms with van der Waals surface area (Å²) in [7, 11) is 0. The van der Waals surface area contributed by atoms with Crippen LogP contribution < -0.4 is 0 Å². The summed E-state index contributed by atoms with van der Waals surface area (Å²) in [6.45, 7) is 6.02. The van der Waals surface area contributed by atoms with Crippen LogP contribution in [-0.4, -0.2) is 39.6 Å². The smallest absolute Gasteiger partial charge is 0.254 e. The number of aromatic nitrogens is 1. The minimum atomic E-state index is -0.914. The Morgan fingerprint density at radius 1 is 1.59 bits per heavy atom. The van der Waals surface area contributed by atoms with E-state index in [1.54, 1.807) is 24.8 Å². The van der Waals surface area contributed by atoms with Gasteiger partial charge in [0.05, 0.1) is 5.60 Å². The van der Waals surface area contributed by atoms with Gasteiger partial charge in [-0.3, -0.25) is 4.79 Å². The van der Waals surface area contributed by atoms with Crippen LogP contribution in [0.15, 0.2) is 18.3 Å². The van der Waals surface area contributed by atoms with Crippen molar-refractivity contribution in [2.75, 3.05) is 13.1 Å². The Balaban J connectivity index is 2.87. The summed E-state index contributed by atoms with van der Waals surface area (Å²) < 4.78 is 0. The zero-order chi connectivity index (χ0) is 13.1. The average molecular weight is 257 g/mol. The van der Waals surface area contributed by atoms with Gasteiger partial charge in [0.2, 0.25) is 0 Å². The maximum absolute atomic E-state index is 12.1.